The van der Waals surface area contributed by atoms with Crippen LogP contribution in [0.2, 0.25) is 0 Å². The van der Waals surface area contributed by atoms with Gasteiger partial charge in [-0.3, -0.25) is 9.59 Å². The van der Waals surface area contributed by atoms with E-state index in [1.807, 2.05) is 80.6 Å². The lowest BCUT2D eigenvalue weighted by atomic mass is 9.91. The molecule has 4 rings (SSSR count). The third kappa shape index (κ3) is 4.01. The van der Waals surface area contributed by atoms with E-state index in [1.54, 1.807) is 0 Å². The Morgan fingerprint density at radius 2 is 1.61 bits per heavy atom. The highest BCUT2D eigenvalue weighted by molar-refractivity contribution is 9.13. The topological polar surface area (TPSA) is 43.4 Å². The average Bonchev–Trinajstić information content (AvgIpc) is 3.05. The molecule has 3 aromatic rings. The summed E-state index contributed by atoms with van der Waals surface area (Å²) in [4.78, 5) is 26.7. The van der Waals surface area contributed by atoms with Crippen molar-refractivity contribution >= 4 is 43.6 Å². The molecule has 1 aliphatic carbocycles. The lowest BCUT2D eigenvalue weighted by Crippen LogP contribution is -2.22. The quantitative estimate of drug-likeness (QED) is 0.319. The predicted octanol–water partition coefficient (Wildman–Crippen LogP) is 7.28. The van der Waals surface area contributed by atoms with Crippen LogP contribution < -0.4 is 0 Å². The summed E-state index contributed by atoms with van der Waals surface area (Å²) in [7, 11) is 0. The molecule has 31 heavy (non-hydrogen) atoms. The van der Waals surface area contributed by atoms with E-state index < -0.39 is 12.0 Å². The highest BCUT2D eigenvalue weighted by atomic mass is 79.9. The third-order valence-electron chi connectivity index (χ3n) is 5.90. The summed E-state index contributed by atoms with van der Waals surface area (Å²) in [6, 6.07) is 21.0. The summed E-state index contributed by atoms with van der Waals surface area (Å²) in [5.74, 6) is -1.31. The molecule has 3 atom stereocenters. The molecule has 0 amide bonds. The Morgan fingerprint density at radius 3 is 2.32 bits per heavy atom. The predicted molar refractivity (Wildman–Crippen MR) is 128 cm³/mol. The maximum Gasteiger partial charge on any atom is 0.314 e. The number of ketones is 1. The minimum absolute atomic E-state index is 0.0300. The summed E-state index contributed by atoms with van der Waals surface area (Å²) in [6.45, 7) is 3.96. The fourth-order valence-corrected chi connectivity index (χ4v) is 5.27. The van der Waals surface area contributed by atoms with Gasteiger partial charge in [0, 0.05) is 20.1 Å². The smallest absolute Gasteiger partial charge is 0.314 e. The number of esters is 1. The minimum atomic E-state index is -0.667. The molecule has 0 fully saturated rings. The molecule has 3 unspecified atom stereocenters. The Labute approximate surface area is 199 Å². The third-order valence-corrected chi connectivity index (χ3v) is 8.30. The SMILES string of the molecule is CCC(C(=O)OC1c2ccccc2C(=O)C1c1ccc(C)c(Br)c1Br)c1ccccc1. The molecule has 0 aromatic heterocycles. The maximum absolute atomic E-state index is 13.4. The van der Waals surface area contributed by atoms with Crippen molar-refractivity contribution < 1.29 is 14.3 Å². The monoisotopic (exact) mass is 540 g/mol. The fraction of sp³-hybridized carbons (Fsp3) is 0.231. The Hall–Kier alpha value is -2.24. The van der Waals surface area contributed by atoms with Crippen LogP contribution >= 0.6 is 31.9 Å². The van der Waals surface area contributed by atoms with Crippen molar-refractivity contribution in [3.8, 4) is 0 Å². The standard InChI is InChI=1S/C26H22Br2O3/c1-3-17(16-9-5-4-6-10-16)26(30)31-25-19-12-8-7-11-18(19)24(29)21(25)20-14-13-15(2)22(27)23(20)28/h4-14,17,21,25H,3H2,1-2H3. The number of Topliss-reactive ketones (excluding diaryl/α,β-unsaturated/α-hetero) is 1. The van der Waals surface area contributed by atoms with E-state index in [0.717, 1.165) is 31.2 Å². The molecule has 0 spiro atoms. The van der Waals surface area contributed by atoms with Crippen LogP contribution in [0.15, 0.2) is 75.7 Å². The van der Waals surface area contributed by atoms with E-state index in [1.165, 1.54) is 0 Å². The van der Waals surface area contributed by atoms with Gasteiger partial charge < -0.3 is 4.74 Å². The number of hydrogen-bond donors (Lipinski definition) is 0. The second-order valence-electron chi connectivity index (χ2n) is 7.76. The normalized spacial score (nSPS) is 18.5. The second-order valence-corrected chi connectivity index (χ2v) is 9.34. The Kier molecular flexibility index (Phi) is 6.44. The molecule has 0 aliphatic heterocycles. The first kappa shape index (κ1) is 22.0. The zero-order valence-electron chi connectivity index (χ0n) is 17.3. The van der Waals surface area contributed by atoms with Crippen LogP contribution in [0.25, 0.3) is 0 Å². The Balaban J connectivity index is 1.75. The molecule has 0 saturated carbocycles. The van der Waals surface area contributed by atoms with Gasteiger partial charge in [-0.05, 0) is 61.9 Å². The van der Waals surface area contributed by atoms with E-state index in [9.17, 15) is 9.59 Å². The molecule has 3 nitrogen and oxygen atoms in total. The van der Waals surface area contributed by atoms with E-state index in [-0.39, 0.29) is 17.7 Å². The number of aryl methyl sites for hydroxylation is 1. The maximum atomic E-state index is 13.4. The summed E-state index contributed by atoms with van der Waals surface area (Å²) in [5, 5.41) is 0. The van der Waals surface area contributed by atoms with Gasteiger partial charge in [-0.1, -0.05) is 73.7 Å². The molecule has 1 aliphatic rings. The van der Waals surface area contributed by atoms with Crippen molar-refractivity contribution in [3.63, 3.8) is 0 Å². The first-order valence-corrected chi connectivity index (χ1v) is 11.9. The van der Waals surface area contributed by atoms with E-state index >= 15 is 0 Å². The molecule has 0 N–H and O–H groups in total. The van der Waals surface area contributed by atoms with Crippen LogP contribution in [0.4, 0.5) is 0 Å². The van der Waals surface area contributed by atoms with Gasteiger partial charge in [0.05, 0.1) is 11.8 Å². The highest BCUT2D eigenvalue weighted by Crippen LogP contribution is 2.48. The molecule has 0 bridgehead atoms. The lowest BCUT2D eigenvalue weighted by molar-refractivity contribution is -0.151. The van der Waals surface area contributed by atoms with Crippen LogP contribution in [0.5, 0.6) is 0 Å². The van der Waals surface area contributed by atoms with Crippen LogP contribution in [0, 0.1) is 6.92 Å². The van der Waals surface area contributed by atoms with Crippen molar-refractivity contribution in [1.82, 2.24) is 0 Å². The van der Waals surface area contributed by atoms with E-state index in [4.69, 9.17) is 4.74 Å². The summed E-state index contributed by atoms with van der Waals surface area (Å²) in [5.41, 5.74) is 4.16. The van der Waals surface area contributed by atoms with Gasteiger partial charge in [-0.15, -0.1) is 0 Å². The van der Waals surface area contributed by atoms with Gasteiger partial charge in [0.25, 0.3) is 0 Å². The Bertz CT molecular complexity index is 1140. The van der Waals surface area contributed by atoms with Crippen LogP contribution in [0.1, 0.15) is 63.9 Å². The number of carbonyl (C=O) groups excluding carboxylic acids is 2. The van der Waals surface area contributed by atoms with Gasteiger partial charge in [-0.2, -0.15) is 0 Å². The number of hydrogen-bond acceptors (Lipinski definition) is 3. The number of rotatable bonds is 5. The molecular weight excluding hydrogens is 520 g/mol. The van der Waals surface area contributed by atoms with E-state index in [0.29, 0.717) is 12.0 Å². The molecule has 5 heteroatoms. The van der Waals surface area contributed by atoms with Gasteiger partial charge in [0.2, 0.25) is 0 Å². The number of halogens is 2. The second kappa shape index (κ2) is 9.09. The van der Waals surface area contributed by atoms with Crippen LogP contribution in [-0.4, -0.2) is 11.8 Å². The zero-order chi connectivity index (χ0) is 22.1. The molecule has 0 radical (unpaired) electrons. The van der Waals surface area contributed by atoms with Gasteiger partial charge >= 0.3 is 5.97 Å². The molecule has 0 heterocycles. The number of ether oxygens (including phenoxy) is 1. The number of fused-ring (bicyclic) bond motifs is 1. The molecular formula is C26H22Br2O3. The molecule has 0 saturated heterocycles. The number of carbonyl (C=O) groups is 2. The van der Waals surface area contributed by atoms with Gasteiger partial charge in [0.1, 0.15) is 6.10 Å². The first-order valence-electron chi connectivity index (χ1n) is 10.3. The molecule has 158 valence electrons. The van der Waals surface area contributed by atoms with Gasteiger partial charge in [0.15, 0.2) is 5.78 Å². The van der Waals surface area contributed by atoms with Crippen LogP contribution in [0.3, 0.4) is 0 Å². The van der Waals surface area contributed by atoms with E-state index in [2.05, 4.69) is 31.9 Å². The minimum Gasteiger partial charge on any atom is -0.456 e. The summed E-state index contributed by atoms with van der Waals surface area (Å²) in [6.07, 6.45) is -0.0462. The number of benzene rings is 3. The van der Waals surface area contributed by atoms with Crippen molar-refractivity contribution in [2.75, 3.05) is 0 Å². The highest BCUT2D eigenvalue weighted by Gasteiger charge is 2.44. The fourth-order valence-electron chi connectivity index (χ4n) is 4.22. The van der Waals surface area contributed by atoms with Crippen LogP contribution in [-0.2, 0) is 9.53 Å². The lowest BCUT2D eigenvalue weighted by Gasteiger charge is -2.24. The molecule has 3 aromatic carbocycles. The summed E-state index contributed by atoms with van der Waals surface area (Å²) >= 11 is 7.25. The van der Waals surface area contributed by atoms with Gasteiger partial charge in [-0.25, -0.2) is 0 Å². The Morgan fingerprint density at radius 1 is 0.935 bits per heavy atom. The largest absolute Gasteiger partial charge is 0.456 e. The summed E-state index contributed by atoms with van der Waals surface area (Å²) < 4.78 is 7.82. The van der Waals surface area contributed by atoms with Crippen molar-refractivity contribution in [2.24, 2.45) is 0 Å². The average molecular weight is 542 g/mol. The van der Waals surface area contributed by atoms with Crippen molar-refractivity contribution in [1.29, 1.82) is 0 Å². The zero-order valence-corrected chi connectivity index (χ0v) is 20.4. The first-order chi connectivity index (χ1) is 14.9. The van der Waals surface area contributed by atoms with Crippen molar-refractivity contribution in [3.05, 3.63) is 103 Å². The van der Waals surface area contributed by atoms with Crippen molar-refractivity contribution in [2.45, 2.75) is 38.2 Å².